The van der Waals surface area contributed by atoms with Crippen LogP contribution in [0.3, 0.4) is 0 Å². The number of likely N-dealkylation sites (N-methyl/N-ethyl adjacent to an activating group) is 1. The van der Waals surface area contributed by atoms with Crippen LogP contribution in [-0.2, 0) is 17.6 Å². The van der Waals surface area contributed by atoms with E-state index in [4.69, 9.17) is 9.47 Å². The number of esters is 1. The second-order valence-corrected chi connectivity index (χ2v) is 9.14. The smallest absolute Gasteiger partial charge is 0.311 e. The first-order valence-electron chi connectivity index (χ1n) is 10.4. The first-order chi connectivity index (χ1) is 14.1. The van der Waals surface area contributed by atoms with Crippen molar-refractivity contribution in [3.05, 3.63) is 53.1 Å². The lowest BCUT2D eigenvalue weighted by molar-refractivity contribution is -0.135. The molecule has 154 valence electrons. The highest BCUT2D eigenvalue weighted by Crippen LogP contribution is 2.37. The fourth-order valence-corrected chi connectivity index (χ4v) is 5.41. The average molecular weight is 412 g/mol. The van der Waals surface area contributed by atoms with Gasteiger partial charge in [0.25, 0.3) is 0 Å². The van der Waals surface area contributed by atoms with Crippen LogP contribution < -0.4 is 9.47 Å². The molecule has 0 aromatic heterocycles. The number of hydrogen-bond donors (Lipinski definition) is 0. The number of aryl methyl sites for hydroxylation is 1. The summed E-state index contributed by atoms with van der Waals surface area (Å²) < 4.78 is 11.0. The van der Waals surface area contributed by atoms with Gasteiger partial charge in [-0.3, -0.25) is 4.79 Å². The van der Waals surface area contributed by atoms with Gasteiger partial charge in [0.05, 0.1) is 13.5 Å². The molecule has 0 N–H and O–H groups in total. The molecule has 2 aromatic carbocycles. The summed E-state index contributed by atoms with van der Waals surface area (Å²) in [5.41, 5.74) is 4.00. The predicted octanol–water partition coefficient (Wildman–Crippen LogP) is 4.69. The lowest BCUT2D eigenvalue weighted by Crippen LogP contribution is -2.28. The van der Waals surface area contributed by atoms with Crippen molar-refractivity contribution < 1.29 is 14.3 Å². The van der Waals surface area contributed by atoms with Gasteiger partial charge in [0.15, 0.2) is 0 Å². The molecule has 1 atom stereocenters. The molecule has 2 aromatic rings. The molecule has 0 radical (unpaired) electrons. The van der Waals surface area contributed by atoms with Gasteiger partial charge in [-0.2, -0.15) is 0 Å². The maximum Gasteiger partial charge on any atom is 0.311 e. The third kappa shape index (κ3) is 4.78. The van der Waals surface area contributed by atoms with Crippen LogP contribution in [0.5, 0.6) is 11.5 Å². The quantitative estimate of drug-likeness (QED) is 0.375. The van der Waals surface area contributed by atoms with Gasteiger partial charge in [-0.25, -0.2) is 0 Å². The van der Waals surface area contributed by atoms with E-state index in [1.807, 2.05) is 17.8 Å². The molecule has 1 unspecified atom stereocenters. The lowest BCUT2D eigenvalue weighted by atomic mass is 9.82. The minimum absolute atomic E-state index is 0.122. The van der Waals surface area contributed by atoms with Crippen molar-refractivity contribution in [1.29, 1.82) is 0 Å². The monoisotopic (exact) mass is 411 g/mol. The molecule has 4 rings (SSSR count). The molecular weight excluding hydrogens is 382 g/mol. The number of rotatable bonds is 7. The van der Waals surface area contributed by atoms with Gasteiger partial charge in [0, 0.05) is 23.7 Å². The van der Waals surface area contributed by atoms with E-state index in [0.717, 1.165) is 48.7 Å². The summed E-state index contributed by atoms with van der Waals surface area (Å²) in [4.78, 5) is 15.1. The number of carbonyl (C=O) groups is 1. The summed E-state index contributed by atoms with van der Waals surface area (Å²) in [5.74, 6) is 3.25. The van der Waals surface area contributed by atoms with Gasteiger partial charge in [-0.15, -0.1) is 11.8 Å². The zero-order valence-electron chi connectivity index (χ0n) is 17.3. The summed E-state index contributed by atoms with van der Waals surface area (Å²) in [6.07, 6.45) is 4.87. The predicted molar refractivity (Wildman–Crippen MR) is 117 cm³/mol. The van der Waals surface area contributed by atoms with E-state index < -0.39 is 0 Å². The lowest BCUT2D eigenvalue weighted by Gasteiger charge is -2.30. The number of carbonyl (C=O) groups excluding carboxylic acids is 1. The number of thioether (sulfide) groups is 1. The topological polar surface area (TPSA) is 38.8 Å². The van der Waals surface area contributed by atoms with Crippen molar-refractivity contribution in [2.75, 3.05) is 33.0 Å². The first-order valence-corrected chi connectivity index (χ1v) is 11.4. The highest BCUT2D eigenvalue weighted by Gasteiger charge is 2.23. The van der Waals surface area contributed by atoms with Crippen molar-refractivity contribution in [3.8, 4) is 11.5 Å². The molecule has 1 aliphatic heterocycles. The second kappa shape index (κ2) is 9.23. The number of ether oxygens (including phenoxy) is 2. The van der Waals surface area contributed by atoms with Crippen LogP contribution in [0.4, 0.5) is 0 Å². The molecule has 0 saturated carbocycles. The molecule has 1 aliphatic carbocycles. The molecule has 29 heavy (non-hydrogen) atoms. The number of methoxy groups -OCH3 is 1. The maximum atomic E-state index is 11.5. The fraction of sp³-hybridized carbons (Fsp3) is 0.458. The number of hydrogen-bond acceptors (Lipinski definition) is 5. The van der Waals surface area contributed by atoms with Crippen molar-refractivity contribution in [3.63, 3.8) is 0 Å². The number of fused-ring (bicyclic) bond motifs is 2. The van der Waals surface area contributed by atoms with E-state index in [1.54, 1.807) is 7.11 Å². The molecule has 0 amide bonds. The Morgan fingerprint density at radius 3 is 2.97 bits per heavy atom. The molecular formula is C24H29NO3S. The summed E-state index contributed by atoms with van der Waals surface area (Å²) in [6.45, 7) is 2.10. The SMILES string of the molecule is COc1cccc2c1CCCC2CN(C)CCSc1ccc2c(c1)OC(=O)CC2. The Balaban J connectivity index is 1.31. The van der Waals surface area contributed by atoms with Gasteiger partial charge < -0.3 is 14.4 Å². The zero-order chi connectivity index (χ0) is 20.2. The summed E-state index contributed by atoms with van der Waals surface area (Å²) >= 11 is 1.82. The average Bonchev–Trinajstić information content (AvgIpc) is 2.73. The Labute approximate surface area is 177 Å². The van der Waals surface area contributed by atoms with E-state index >= 15 is 0 Å². The highest BCUT2D eigenvalue weighted by atomic mass is 32.2. The molecule has 4 nitrogen and oxygen atoms in total. The second-order valence-electron chi connectivity index (χ2n) is 7.97. The van der Waals surface area contributed by atoms with Gasteiger partial charge in [0.1, 0.15) is 11.5 Å². The Bertz CT molecular complexity index is 882. The van der Waals surface area contributed by atoms with E-state index in [9.17, 15) is 4.79 Å². The van der Waals surface area contributed by atoms with Crippen molar-refractivity contribution >= 4 is 17.7 Å². The maximum absolute atomic E-state index is 11.5. The molecule has 1 heterocycles. The number of benzene rings is 2. The van der Waals surface area contributed by atoms with Crippen LogP contribution >= 0.6 is 11.8 Å². The molecule has 2 aliphatic rings. The number of nitrogens with zero attached hydrogens (tertiary/aromatic N) is 1. The third-order valence-electron chi connectivity index (χ3n) is 5.94. The van der Waals surface area contributed by atoms with E-state index in [2.05, 4.69) is 42.3 Å². The van der Waals surface area contributed by atoms with Crippen LogP contribution in [-0.4, -0.2) is 43.9 Å². The molecule has 0 spiro atoms. The van der Waals surface area contributed by atoms with Crippen LogP contribution in [0.25, 0.3) is 0 Å². The summed E-state index contributed by atoms with van der Waals surface area (Å²) in [5, 5.41) is 0. The Morgan fingerprint density at radius 2 is 2.10 bits per heavy atom. The standard InChI is InChI=1S/C24H29NO3S/c1-25(16-18-5-3-7-21-20(18)6-4-8-22(21)27-2)13-14-29-19-11-9-17-10-12-24(26)28-23(17)15-19/h4,6,8-9,11,15,18H,3,5,7,10,12-14,16H2,1-2H3. The van der Waals surface area contributed by atoms with E-state index in [0.29, 0.717) is 12.3 Å². The largest absolute Gasteiger partial charge is 0.496 e. The van der Waals surface area contributed by atoms with Crippen molar-refractivity contribution in [2.24, 2.45) is 0 Å². The Hall–Kier alpha value is -1.98. The Morgan fingerprint density at radius 1 is 1.21 bits per heavy atom. The first kappa shape index (κ1) is 20.3. The van der Waals surface area contributed by atoms with Gasteiger partial charge in [-0.1, -0.05) is 18.2 Å². The minimum Gasteiger partial charge on any atom is -0.496 e. The van der Waals surface area contributed by atoms with E-state index in [1.165, 1.54) is 28.9 Å². The van der Waals surface area contributed by atoms with Gasteiger partial charge >= 0.3 is 5.97 Å². The Kier molecular flexibility index (Phi) is 6.46. The fourth-order valence-electron chi connectivity index (χ4n) is 4.42. The molecule has 0 fully saturated rings. The van der Waals surface area contributed by atoms with Gasteiger partial charge in [-0.05, 0) is 73.5 Å². The third-order valence-corrected chi connectivity index (χ3v) is 6.92. The van der Waals surface area contributed by atoms with Gasteiger partial charge in [0.2, 0.25) is 0 Å². The molecule has 0 bridgehead atoms. The minimum atomic E-state index is -0.122. The van der Waals surface area contributed by atoms with Crippen LogP contribution in [0.2, 0.25) is 0 Å². The van der Waals surface area contributed by atoms with Crippen molar-refractivity contribution in [1.82, 2.24) is 4.90 Å². The van der Waals surface area contributed by atoms with Crippen molar-refractivity contribution in [2.45, 2.75) is 42.9 Å². The summed E-state index contributed by atoms with van der Waals surface area (Å²) in [6, 6.07) is 12.7. The van der Waals surface area contributed by atoms with Crippen LogP contribution in [0.15, 0.2) is 41.3 Å². The van der Waals surface area contributed by atoms with Crippen LogP contribution in [0, 0.1) is 0 Å². The van der Waals surface area contributed by atoms with E-state index in [-0.39, 0.29) is 5.97 Å². The molecule has 5 heteroatoms. The zero-order valence-corrected chi connectivity index (χ0v) is 18.1. The summed E-state index contributed by atoms with van der Waals surface area (Å²) in [7, 11) is 3.98. The highest BCUT2D eigenvalue weighted by molar-refractivity contribution is 7.99. The molecule has 0 saturated heterocycles. The van der Waals surface area contributed by atoms with Crippen LogP contribution in [0.1, 0.15) is 41.9 Å². The normalized spacial score (nSPS) is 18.2.